The summed E-state index contributed by atoms with van der Waals surface area (Å²) >= 11 is 0. The molecule has 0 aliphatic rings. The first-order chi connectivity index (χ1) is 5.18. The van der Waals surface area contributed by atoms with Gasteiger partial charge in [-0.1, -0.05) is 27.7 Å². The van der Waals surface area contributed by atoms with E-state index in [0.29, 0.717) is 0 Å². The Hall–Kier alpha value is -0.120. The number of hydrogen-bond acceptors (Lipinski definition) is 3. The molecule has 0 aliphatic heterocycles. The average molecular weight is 164 g/mol. The van der Waals surface area contributed by atoms with Gasteiger partial charge in [-0.3, -0.25) is 0 Å². The van der Waals surface area contributed by atoms with Crippen molar-refractivity contribution in [3.63, 3.8) is 0 Å². The summed E-state index contributed by atoms with van der Waals surface area (Å²) in [5.41, 5.74) is 0. The second-order valence-corrected chi connectivity index (χ2v) is 2.23. The van der Waals surface area contributed by atoms with E-state index in [-0.39, 0.29) is 19.1 Å². The van der Waals surface area contributed by atoms with Gasteiger partial charge in [0.15, 0.2) is 6.29 Å². The van der Waals surface area contributed by atoms with Crippen molar-refractivity contribution >= 4 is 0 Å². The molecule has 11 heavy (non-hydrogen) atoms. The van der Waals surface area contributed by atoms with E-state index in [1.54, 1.807) is 0 Å². The van der Waals surface area contributed by atoms with Crippen molar-refractivity contribution in [1.29, 1.82) is 0 Å². The highest BCUT2D eigenvalue weighted by molar-refractivity contribution is 4.45. The Balaban J connectivity index is 0. The molecule has 1 unspecified atom stereocenters. The summed E-state index contributed by atoms with van der Waals surface area (Å²) < 4.78 is 4.76. The van der Waals surface area contributed by atoms with Crippen LogP contribution in [0.5, 0.6) is 0 Å². The maximum Gasteiger partial charge on any atom is 0.156 e. The number of ether oxygens (including phenoxy) is 1. The zero-order valence-electron chi connectivity index (χ0n) is 7.87. The third kappa shape index (κ3) is 9.88. The molecule has 3 heteroatoms. The van der Waals surface area contributed by atoms with Crippen molar-refractivity contribution in [2.75, 3.05) is 13.2 Å². The quantitative estimate of drug-likeness (QED) is 0.609. The van der Waals surface area contributed by atoms with Crippen LogP contribution in [0, 0.1) is 5.92 Å². The van der Waals surface area contributed by atoms with Crippen LogP contribution in [0.1, 0.15) is 27.7 Å². The lowest BCUT2D eigenvalue weighted by molar-refractivity contribution is -0.132. The molecule has 70 valence electrons. The first-order valence-corrected chi connectivity index (χ1v) is 4.09. The molecule has 0 amide bonds. The van der Waals surface area contributed by atoms with Crippen molar-refractivity contribution in [1.82, 2.24) is 0 Å². The molecule has 0 rings (SSSR count). The van der Waals surface area contributed by atoms with Crippen LogP contribution < -0.4 is 0 Å². The van der Waals surface area contributed by atoms with Crippen LogP contribution in [0.3, 0.4) is 0 Å². The standard InChI is InChI=1S/C6H14O3.C2H6/c1-5(2)6(8)9-4-3-7;1-2/h5-8H,3-4H2,1-2H3;1-2H3. The van der Waals surface area contributed by atoms with Gasteiger partial charge in [0.2, 0.25) is 0 Å². The molecule has 2 N–H and O–H groups in total. The third-order valence-corrected chi connectivity index (χ3v) is 0.950. The van der Waals surface area contributed by atoms with Crippen LogP contribution in [0.15, 0.2) is 0 Å². The topological polar surface area (TPSA) is 49.7 Å². The van der Waals surface area contributed by atoms with Gasteiger partial charge in [0.1, 0.15) is 0 Å². The van der Waals surface area contributed by atoms with E-state index in [1.807, 2.05) is 27.7 Å². The summed E-state index contributed by atoms with van der Waals surface area (Å²) in [5.74, 6) is 0.0940. The van der Waals surface area contributed by atoms with E-state index >= 15 is 0 Å². The highest BCUT2D eigenvalue weighted by Gasteiger charge is 2.07. The lowest BCUT2D eigenvalue weighted by atomic mass is 10.2. The fourth-order valence-corrected chi connectivity index (χ4v) is 0.366. The Bertz CT molecular complexity index is 64.4. The molecule has 0 saturated heterocycles. The Morgan fingerprint density at radius 1 is 1.27 bits per heavy atom. The SMILES string of the molecule is CC.CC(C)C(O)OCCO. The third-order valence-electron chi connectivity index (χ3n) is 0.950. The van der Waals surface area contributed by atoms with Gasteiger partial charge in [-0.2, -0.15) is 0 Å². The second-order valence-electron chi connectivity index (χ2n) is 2.23. The zero-order valence-corrected chi connectivity index (χ0v) is 7.87. The first kappa shape index (κ1) is 13.5. The van der Waals surface area contributed by atoms with E-state index in [9.17, 15) is 0 Å². The van der Waals surface area contributed by atoms with E-state index in [4.69, 9.17) is 14.9 Å². The normalized spacial score (nSPS) is 12.3. The molecule has 0 fully saturated rings. The van der Waals surface area contributed by atoms with Gasteiger partial charge in [0, 0.05) is 5.92 Å². The highest BCUT2D eigenvalue weighted by Crippen LogP contribution is 2.00. The number of rotatable bonds is 4. The molecule has 1 atom stereocenters. The van der Waals surface area contributed by atoms with Gasteiger partial charge >= 0.3 is 0 Å². The lowest BCUT2D eigenvalue weighted by Gasteiger charge is -2.13. The Labute approximate surface area is 69.0 Å². The van der Waals surface area contributed by atoms with Crippen LogP contribution in [0.4, 0.5) is 0 Å². The second kappa shape index (κ2) is 9.88. The Morgan fingerprint density at radius 3 is 2.00 bits per heavy atom. The molecular weight excluding hydrogens is 144 g/mol. The fourth-order valence-electron chi connectivity index (χ4n) is 0.366. The summed E-state index contributed by atoms with van der Waals surface area (Å²) in [5, 5.41) is 17.2. The van der Waals surface area contributed by atoms with Crippen LogP contribution in [0.25, 0.3) is 0 Å². The fraction of sp³-hybridized carbons (Fsp3) is 1.00. The van der Waals surface area contributed by atoms with Gasteiger partial charge in [-0.15, -0.1) is 0 Å². The van der Waals surface area contributed by atoms with Gasteiger partial charge in [-0.25, -0.2) is 0 Å². The van der Waals surface area contributed by atoms with E-state index in [1.165, 1.54) is 0 Å². The van der Waals surface area contributed by atoms with Crippen molar-refractivity contribution in [2.45, 2.75) is 34.0 Å². The predicted octanol–water partition coefficient (Wildman–Crippen LogP) is 0.996. The van der Waals surface area contributed by atoms with Crippen molar-refractivity contribution < 1.29 is 14.9 Å². The molecule has 0 aliphatic carbocycles. The molecule has 0 heterocycles. The van der Waals surface area contributed by atoms with Crippen LogP contribution in [-0.2, 0) is 4.74 Å². The average Bonchev–Trinajstić information content (AvgIpc) is 2.03. The van der Waals surface area contributed by atoms with Crippen molar-refractivity contribution in [3.8, 4) is 0 Å². The first-order valence-electron chi connectivity index (χ1n) is 4.09. The number of aliphatic hydroxyl groups excluding tert-OH is 2. The minimum absolute atomic E-state index is 0.0379. The molecule has 0 spiro atoms. The van der Waals surface area contributed by atoms with Crippen LogP contribution >= 0.6 is 0 Å². The number of aliphatic hydroxyl groups is 2. The Kier molecular flexibility index (Phi) is 12.1. The van der Waals surface area contributed by atoms with Gasteiger partial charge in [0.25, 0.3) is 0 Å². The number of hydrogen-bond donors (Lipinski definition) is 2. The van der Waals surface area contributed by atoms with Crippen molar-refractivity contribution in [2.24, 2.45) is 5.92 Å². The monoisotopic (exact) mass is 164 g/mol. The Morgan fingerprint density at radius 2 is 1.73 bits per heavy atom. The maximum atomic E-state index is 8.92. The van der Waals surface area contributed by atoms with Gasteiger partial charge in [0.05, 0.1) is 13.2 Å². The van der Waals surface area contributed by atoms with Crippen LogP contribution in [0.2, 0.25) is 0 Å². The van der Waals surface area contributed by atoms with Crippen LogP contribution in [-0.4, -0.2) is 29.7 Å². The minimum Gasteiger partial charge on any atom is -0.394 e. The van der Waals surface area contributed by atoms with E-state index < -0.39 is 6.29 Å². The summed E-state index contributed by atoms with van der Waals surface area (Å²) in [4.78, 5) is 0. The molecule has 0 radical (unpaired) electrons. The summed E-state index contributed by atoms with van der Waals surface area (Å²) in [6, 6.07) is 0. The minimum atomic E-state index is -0.739. The van der Waals surface area contributed by atoms with Crippen molar-refractivity contribution in [3.05, 3.63) is 0 Å². The van der Waals surface area contributed by atoms with E-state index in [2.05, 4.69) is 0 Å². The molecule has 0 bridgehead atoms. The van der Waals surface area contributed by atoms with E-state index in [0.717, 1.165) is 0 Å². The molecule has 0 aromatic carbocycles. The zero-order chi connectivity index (χ0) is 9.28. The largest absolute Gasteiger partial charge is 0.394 e. The molecular formula is C8H20O3. The van der Waals surface area contributed by atoms with Gasteiger partial charge in [-0.05, 0) is 0 Å². The summed E-state index contributed by atoms with van der Waals surface area (Å²) in [6.45, 7) is 7.87. The molecule has 0 aromatic heterocycles. The molecule has 3 nitrogen and oxygen atoms in total. The summed E-state index contributed by atoms with van der Waals surface area (Å²) in [7, 11) is 0. The van der Waals surface area contributed by atoms with Gasteiger partial charge < -0.3 is 14.9 Å². The smallest absolute Gasteiger partial charge is 0.156 e. The predicted molar refractivity (Wildman–Crippen MR) is 45.2 cm³/mol. The molecule has 0 saturated carbocycles. The lowest BCUT2D eigenvalue weighted by Crippen LogP contribution is -2.20. The maximum absolute atomic E-state index is 8.92. The highest BCUT2D eigenvalue weighted by atomic mass is 16.6. The molecule has 0 aromatic rings. The summed E-state index contributed by atoms with van der Waals surface area (Å²) in [6.07, 6.45) is -0.739.